The van der Waals surface area contributed by atoms with Gasteiger partial charge >= 0.3 is 0 Å². The number of nitrogens with one attached hydrogen (secondary N) is 1. The lowest BCUT2D eigenvalue weighted by Crippen LogP contribution is -2.10. The largest absolute Gasteiger partial charge is 0.489 e. The average Bonchev–Trinajstić information content (AvgIpc) is 2.53. The van der Waals surface area contributed by atoms with Gasteiger partial charge in [-0.05, 0) is 11.6 Å². The molecule has 1 aliphatic rings. The van der Waals surface area contributed by atoms with Crippen LogP contribution >= 0.6 is 12.2 Å². The van der Waals surface area contributed by atoms with Crippen molar-refractivity contribution in [2.45, 2.75) is 12.6 Å². The zero-order valence-electron chi connectivity index (χ0n) is 10.8. The van der Waals surface area contributed by atoms with Gasteiger partial charge in [-0.15, -0.1) is 0 Å². The summed E-state index contributed by atoms with van der Waals surface area (Å²) >= 11 is 5.00. The van der Waals surface area contributed by atoms with E-state index >= 15 is 0 Å². The van der Waals surface area contributed by atoms with Crippen LogP contribution in [-0.4, -0.2) is 11.7 Å². The molecule has 0 aliphatic carbocycles. The molecule has 0 bridgehead atoms. The lowest BCUT2D eigenvalue weighted by Gasteiger charge is -2.19. The third-order valence-electron chi connectivity index (χ3n) is 3.18. The van der Waals surface area contributed by atoms with Crippen molar-refractivity contribution < 1.29 is 4.74 Å². The van der Waals surface area contributed by atoms with Gasteiger partial charge in [-0.2, -0.15) is 0 Å². The molecule has 3 rings (SSSR count). The van der Waals surface area contributed by atoms with Crippen LogP contribution in [0.2, 0.25) is 0 Å². The van der Waals surface area contributed by atoms with Crippen LogP contribution in [0.4, 0.5) is 5.69 Å². The molecule has 0 saturated carbocycles. The molecule has 2 aromatic carbocycles. The number of aliphatic imine (C=N–C) groups is 1. The van der Waals surface area contributed by atoms with Crippen LogP contribution in [0, 0.1) is 0 Å². The summed E-state index contributed by atoms with van der Waals surface area (Å²) < 4.78 is 5.81. The Morgan fingerprint density at radius 1 is 1.20 bits per heavy atom. The number of thiocarbonyl (C=S) groups is 1. The number of rotatable bonds is 4. The van der Waals surface area contributed by atoms with Gasteiger partial charge < -0.3 is 10.1 Å². The highest BCUT2D eigenvalue weighted by molar-refractivity contribution is 7.79. The lowest BCUT2D eigenvalue weighted by atomic mass is 10.1. The van der Waals surface area contributed by atoms with Crippen LogP contribution in [0.25, 0.3) is 0 Å². The first-order chi connectivity index (χ1) is 9.86. The van der Waals surface area contributed by atoms with Crippen LogP contribution in [0.15, 0.2) is 53.5 Å². The van der Waals surface area contributed by atoms with Gasteiger partial charge in [0.05, 0.1) is 6.34 Å². The Labute approximate surface area is 123 Å². The van der Waals surface area contributed by atoms with Crippen LogP contribution < -0.4 is 10.1 Å². The molecule has 1 atom stereocenters. The van der Waals surface area contributed by atoms with Gasteiger partial charge in [-0.25, -0.2) is 0 Å². The van der Waals surface area contributed by atoms with Crippen molar-refractivity contribution in [1.82, 2.24) is 0 Å². The maximum Gasteiger partial charge on any atom is 0.121 e. The van der Waals surface area contributed by atoms with Crippen molar-refractivity contribution in [3.63, 3.8) is 0 Å². The first kappa shape index (κ1) is 12.8. The number of hydrogen-bond donors (Lipinski definition) is 1. The minimum atomic E-state index is -0.0515. The number of benzene rings is 2. The summed E-state index contributed by atoms with van der Waals surface area (Å²) in [5.41, 5.74) is 3.22. The van der Waals surface area contributed by atoms with Gasteiger partial charge in [-0.3, -0.25) is 4.99 Å². The first-order valence-corrected chi connectivity index (χ1v) is 6.88. The molecule has 100 valence electrons. The topological polar surface area (TPSA) is 33.6 Å². The predicted octanol–water partition coefficient (Wildman–Crippen LogP) is 3.76. The molecule has 3 nitrogen and oxygen atoms in total. The second kappa shape index (κ2) is 5.84. The molecule has 1 N–H and O–H groups in total. The number of ether oxygens (including phenoxy) is 1. The fourth-order valence-electron chi connectivity index (χ4n) is 2.12. The summed E-state index contributed by atoms with van der Waals surface area (Å²) in [5.74, 6) is 0.832. The number of fused-ring (bicyclic) bond motifs is 1. The van der Waals surface area contributed by atoms with E-state index in [1.54, 1.807) is 11.7 Å². The minimum absolute atomic E-state index is 0.0515. The summed E-state index contributed by atoms with van der Waals surface area (Å²) in [7, 11) is 0. The van der Waals surface area contributed by atoms with Crippen molar-refractivity contribution >= 4 is 29.6 Å². The summed E-state index contributed by atoms with van der Waals surface area (Å²) in [4.78, 5) is 4.28. The van der Waals surface area contributed by atoms with Crippen molar-refractivity contribution in [3.8, 4) is 5.75 Å². The van der Waals surface area contributed by atoms with E-state index in [1.807, 2.05) is 48.5 Å². The highest BCUT2D eigenvalue weighted by Crippen LogP contribution is 2.31. The van der Waals surface area contributed by atoms with E-state index in [0.717, 1.165) is 22.6 Å². The second-order valence-corrected chi connectivity index (χ2v) is 4.80. The standard InChI is InChI=1S/C16H14N2OS/c20-10-16-14-7-6-13(8-15(14)17-11-18-16)19-9-12-4-2-1-3-5-12/h1-8,10-11,16H,9H2,(H,17,18). The molecule has 0 aromatic heterocycles. The van der Waals surface area contributed by atoms with Crippen molar-refractivity contribution in [2.24, 2.45) is 4.99 Å². The fourth-order valence-corrected chi connectivity index (χ4v) is 2.34. The lowest BCUT2D eigenvalue weighted by molar-refractivity contribution is 0.306. The summed E-state index contributed by atoms with van der Waals surface area (Å²) in [5, 5.41) is 4.79. The normalized spacial score (nSPS) is 16.1. The van der Waals surface area contributed by atoms with E-state index in [-0.39, 0.29) is 6.04 Å². The molecule has 4 heteroatoms. The average molecular weight is 282 g/mol. The van der Waals surface area contributed by atoms with Gasteiger partial charge in [0.1, 0.15) is 18.4 Å². The van der Waals surface area contributed by atoms with E-state index in [1.165, 1.54) is 0 Å². The van der Waals surface area contributed by atoms with Gasteiger partial charge in [0.15, 0.2) is 0 Å². The zero-order valence-corrected chi connectivity index (χ0v) is 11.6. The Kier molecular flexibility index (Phi) is 3.74. The van der Waals surface area contributed by atoms with E-state index in [4.69, 9.17) is 17.0 Å². The SMILES string of the molecule is S=CC1N=CNc2cc(OCc3ccccc3)ccc21. The molecule has 1 heterocycles. The maximum absolute atomic E-state index is 5.81. The fraction of sp³-hybridized carbons (Fsp3) is 0.125. The van der Waals surface area contributed by atoms with E-state index in [9.17, 15) is 0 Å². The number of nitrogens with zero attached hydrogens (tertiary/aromatic N) is 1. The van der Waals surface area contributed by atoms with Crippen molar-refractivity contribution in [2.75, 3.05) is 5.32 Å². The van der Waals surface area contributed by atoms with Crippen LogP contribution in [0.3, 0.4) is 0 Å². The third kappa shape index (κ3) is 2.70. The Morgan fingerprint density at radius 2 is 2.05 bits per heavy atom. The number of hydrogen-bond acceptors (Lipinski definition) is 4. The molecular weight excluding hydrogens is 268 g/mol. The molecule has 0 saturated heterocycles. The Bertz CT molecular complexity index is 640. The molecule has 1 aliphatic heterocycles. The summed E-state index contributed by atoms with van der Waals surface area (Å²) in [6.07, 6.45) is 1.68. The minimum Gasteiger partial charge on any atom is -0.489 e. The summed E-state index contributed by atoms with van der Waals surface area (Å²) in [6.45, 7) is 0.560. The van der Waals surface area contributed by atoms with Crippen LogP contribution in [0.1, 0.15) is 17.2 Å². The second-order valence-electron chi connectivity index (χ2n) is 4.53. The molecule has 1 unspecified atom stereocenters. The Hall–Kier alpha value is -2.20. The molecule has 2 aromatic rings. The van der Waals surface area contributed by atoms with Gasteiger partial charge in [-0.1, -0.05) is 48.6 Å². The highest BCUT2D eigenvalue weighted by Gasteiger charge is 2.15. The molecule has 0 fully saturated rings. The van der Waals surface area contributed by atoms with Crippen LogP contribution in [-0.2, 0) is 6.61 Å². The Morgan fingerprint density at radius 3 is 2.85 bits per heavy atom. The Balaban J connectivity index is 1.75. The predicted molar refractivity (Wildman–Crippen MR) is 85.7 cm³/mol. The van der Waals surface area contributed by atoms with E-state index < -0.39 is 0 Å². The molecule has 0 amide bonds. The smallest absolute Gasteiger partial charge is 0.121 e. The maximum atomic E-state index is 5.81. The van der Waals surface area contributed by atoms with Crippen LogP contribution in [0.5, 0.6) is 5.75 Å². The van der Waals surface area contributed by atoms with Gasteiger partial charge in [0, 0.05) is 22.7 Å². The molecule has 0 radical (unpaired) electrons. The third-order valence-corrected chi connectivity index (χ3v) is 3.43. The monoisotopic (exact) mass is 282 g/mol. The first-order valence-electron chi connectivity index (χ1n) is 6.41. The van der Waals surface area contributed by atoms with E-state index in [0.29, 0.717) is 6.61 Å². The van der Waals surface area contributed by atoms with Crippen molar-refractivity contribution in [1.29, 1.82) is 0 Å². The summed E-state index contributed by atoms with van der Waals surface area (Å²) in [6, 6.07) is 16.0. The van der Waals surface area contributed by atoms with Gasteiger partial charge in [0.25, 0.3) is 0 Å². The van der Waals surface area contributed by atoms with Crippen molar-refractivity contribution in [3.05, 3.63) is 59.7 Å². The molecule has 0 spiro atoms. The quantitative estimate of drug-likeness (QED) is 0.867. The number of anilines is 1. The zero-order chi connectivity index (χ0) is 13.8. The molecular formula is C16H14N2OS. The highest BCUT2D eigenvalue weighted by atomic mass is 32.1. The van der Waals surface area contributed by atoms with E-state index in [2.05, 4.69) is 10.3 Å². The van der Waals surface area contributed by atoms with Gasteiger partial charge in [0.2, 0.25) is 0 Å². The molecule has 20 heavy (non-hydrogen) atoms.